The van der Waals surface area contributed by atoms with Crippen LogP contribution in [0.5, 0.6) is 5.75 Å². The average Bonchev–Trinajstić information content (AvgIpc) is 3.37. The molecule has 11 heteroatoms. The van der Waals surface area contributed by atoms with Crippen LogP contribution in [0.2, 0.25) is 0 Å². The fraction of sp³-hybridized carbons (Fsp3) is 0.600. The van der Waals surface area contributed by atoms with Gasteiger partial charge in [-0.2, -0.15) is 0 Å². The fourth-order valence-corrected chi connectivity index (χ4v) is 4.06. The van der Waals surface area contributed by atoms with Crippen LogP contribution < -0.4 is 27.0 Å². The van der Waals surface area contributed by atoms with Crippen LogP contribution in [0.1, 0.15) is 51.5 Å². The average molecular weight is 506 g/mol. The molecule has 0 bridgehead atoms. The molecule has 8 N–H and O–H groups in total. The second-order valence-electron chi connectivity index (χ2n) is 9.49. The minimum Gasteiger partial charge on any atom is -0.508 e. The van der Waals surface area contributed by atoms with Crippen molar-refractivity contribution in [3.05, 3.63) is 29.8 Å². The molecule has 4 atom stereocenters. The summed E-state index contributed by atoms with van der Waals surface area (Å²) >= 11 is 0. The summed E-state index contributed by atoms with van der Waals surface area (Å²) in [7, 11) is 0. The number of unbranched alkanes of at least 4 members (excludes halogenated alkanes) is 1. The van der Waals surface area contributed by atoms with Gasteiger partial charge in [0.2, 0.25) is 17.7 Å². The number of carbonyl (C=O) groups excluding carboxylic acids is 3. The molecule has 11 nitrogen and oxygen atoms in total. The first kappa shape index (κ1) is 29.1. The van der Waals surface area contributed by atoms with Gasteiger partial charge in [-0.25, -0.2) is 4.79 Å². The van der Waals surface area contributed by atoms with Gasteiger partial charge in [-0.05, 0) is 68.8 Å². The van der Waals surface area contributed by atoms with E-state index in [0.29, 0.717) is 31.4 Å². The maximum absolute atomic E-state index is 13.2. The number of hydrogen-bond donors (Lipinski definition) is 7. The molecular weight excluding hydrogens is 466 g/mol. The standard InChI is InChI=1S/C25H39N5O6/c1-15(2)21(30-22(32)18-7-5-13-27-18)24(34)29-20(14-16-8-10-17(31)11-9-16)23(33)28-19(25(35)36)6-3-4-12-26/h8-11,15,18-21,27,31H,3-7,12-14,26H2,1-2H3,(H,28,33)(H,29,34)(H,30,32)(H,35,36). The summed E-state index contributed by atoms with van der Waals surface area (Å²) < 4.78 is 0. The molecule has 0 aliphatic carbocycles. The SMILES string of the molecule is CC(C)C(NC(=O)C1CCCN1)C(=O)NC(Cc1ccc(O)cc1)C(=O)NC(CCCCN)C(=O)O. The number of nitrogens with two attached hydrogens (primary N) is 1. The van der Waals surface area contributed by atoms with Gasteiger partial charge < -0.3 is 37.2 Å². The molecule has 1 aromatic carbocycles. The number of rotatable bonds is 14. The number of amides is 3. The topological polar surface area (TPSA) is 183 Å². The normalized spacial score (nSPS) is 17.7. The molecule has 2 rings (SSSR count). The molecule has 36 heavy (non-hydrogen) atoms. The first-order valence-electron chi connectivity index (χ1n) is 12.5. The first-order chi connectivity index (χ1) is 17.1. The van der Waals surface area contributed by atoms with Crippen molar-refractivity contribution in [1.82, 2.24) is 21.3 Å². The number of phenolic OH excluding ortho intramolecular Hbond substituents is 1. The lowest BCUT2D eigenvalue weighted by atomic mass is 10.00. The zero-order valence-corrected chi connectivity index (χ0v) is 21.0. The summed E-state index contributed by atoms with van der Waals surface area (Å²) in [6.07, 6.45) is 2.98. The monoisotopic (exact) mass is 505 g/mol. The molecule has 4 unspecified atom stereocenters. The third kappa shape index (κ3) is 9.12. The second-order valence-corrected chi connectivity index (χ2v) is 9.49. The molecule has 1 aromatic rings. The van der Waals surface area contributed by atoms with E-state index in [9.17, 15) is 29.4 Å². The van der Waals surface area contributed by atoms with E-state index in [0.717, 1.165) is 13.0 Å². The Hall–Kier alpha value is -3.18. The number of nitrogens with one attached hydrogen (secondary N) is 4. The zero-order valence-electron chi connectivity index (χ0n) is 21.0. The lowest BCUT2D eigenvalue weighted by molar-refractivity contribution is -0.142. The number of carbonyl (C=O) groups is 4. The summed E-state index contributed by atoms with van der Waals surface area (Å²) in [5, 5.41) is 30.2. The number of carboxylic acid groups (broad SMARTS) is 1. The van der Waals surface area contributed by atoms with Gasteiger partial charge in [-0.3, -0.25) is 14.4 Å². The Morgan fingerprint density at radius 1 is 1.03 bits per heavy atom. The Kier molecular flexibility index (Phi) is 11.6. The van der Waals surface area contributed by atoms with Gasteiger partial charge in [0.05, 0.1) is 6.04 Å². The summed E-state index contributed by atoms with van der Waals surface area (Å²) in [6, 6.07) is 2.69. The van der Waals surface area contributed by atoms with Crippen LogP contribution in [-0.4, -0.2) is 71.2 Å². The minimum atomic E-state index is -1.17. The maximum atomic E-state index is 13.2. The lowest BCUT2D eigenvalue weighted by Gasteiger charge is -2.27. The first-order valence-corrected chi connectivity index (χ1v) is 12.5. The molecule has 0 saturated carbocycles. The van der Waals surface area contributed by atoms with Gasteiger partial charge in [-0.15, -0.1) is 0 Å². The molecule has 1 aliphatic heterocycles. The number of aliphatic carboxylic acids is 1. The van der Waals surface area contributed by atoms with Gasteiger partial charge in [0, 0.05) is 6.42 Å². The molecule has 1 aliphatic rings. The maximum Gasteiger partial charge on any atom is 0.326 e. The summed E-state index contributed by atoms with van der Waals surface area (Å²) in [6.45, 7) is 4.74. The Labute approximate surface area is 211 Å². The van der Waals surface area contributed by atoms with Gasteiger partial charge in [-0.1, -0.05) is 26.0 Å². The smallest absolute Gasteiger partial charge is 0.326 e. The summed E-state index contributed by atoms with van der Waals surface area (Å²) in [5.41, 5.74) is 6.14. The van der Waals surface area contributed by atoms with Crippen molar-refractivity contribution in [1.29, 1.82) is 0 Å². The minimum absolute atomic E-state index is 0.0535. The highest BCUT2D eigenvalue weighted by Gasteiger charge is 2.32. The van der Waals surface area contributed by atoms with Crippen molar-refractivity contribution in [3.8, 4) is 5.75 Å². The van der Waals surface area contributed by atoms with E-state index in [1.165, 1.54) is 12.1 Å². The Bertz CT molecular complexity index is 885. The number of aromatic hydroxyl groups is 1. The van der Waals surface area contributed by atoms with Crippen molar-refractivity contribution in [3.63, 3.8) is 0 Å². The lowest BCUT2D eigenvalue weighted by Crippen LogP contribution is -2.58. The zero-order chi connectivity index (χ0) is 26.7. The van der Waals surface area contributed by atoms with E-state index in [4.69, 9.17) is 5.73 Å². The number of carboxylic acids is 1. The molecule has 1 saturated heterocycles. The third-order valence-corrected chi connectivity index (χ3v) is 6.19. The summed E-state index contributed by atoms with van der Waals surface area (Å²) in [4.78, 5) is 50.7. The number of hydrogen-bond acceptors (Lipinski definition) is 7. The molecule has 0 radical (unpaired) electrons. The quantitative estimate of drug-likeness (QED) is 0.173. The van der Waals surface area contributed by atoms with E-state index >= 15 is 0 Å². The van der Waals surface area contributed by atoms with Crippen LogP contribution in [0.15, 0.2) is 24.3 Å². The Morgan fingerprint density at radius 3 is 2.25 bits per heavy atom. The highest BCUT2D eigenvalue weighted by Crippen LogP contribution is 2.13. The van der Waals surface area contributed by atoms with E-state index in [-0.39, 0.29) is 36.5 Å². The number of benzene rings is 1. The highest BCUT2D eigenvalue weighted by atomic mass is 16.4. The number of phenols is 1. The van der Waals surface area contributed by atoms with E-state index in [1.54, 1.807) is 26.0 Å². The van der Waals surface area contributed by atoms with Crippen molar-refractivity contribution >= 4 is 23.7 Å². The van der Waals surface area contributed by atoms with Gasteiger partial charge in [0.25, 0.3) is 0 Å². The Balaban J connectivity index is 2.17. The van der Waals surface area contributed by atoms with E-state index < -0.39 is 35.9 Å². The second kappa shape index (κ2) is 14.4. The third-order valence-electron chi connectivity index (χ3n) is 6.19. The van der Waals surface area contributed by atoms with Crippen molar-refractivity contribution in [2.24, 2.45) is 11.7 Å². The predicted octanol–water partition coefficient (Wildman–Crippen LogP) is 0.0107. The predicted molar refractivity (Wildman–Crippen MR) is 134 cm³/mol. The van der Waals surface area contributed by atoms with Gasteiger partial charge in [0.15, 0.2) is 0 Å². The van der Waals surface area contributed by atoms with E-state index in [1.807, 2.05) is 0 Å². The fourth-order valence-electron chi connectivity index (χ4n) is 4.06. The largest absolute Gasteiger partial charge is 0.508 e. The van der Waals surface area contributed by atoms with Crippen LogP contribution in [0.3, 0.4) is 0 Å². The highest BCUT2D eigenvalue weighted by molar-refractivity contribution is 5.94. The Morgan fingerprint density at radius 2 is 1.69 bits per heavy atom. The van der Waals surface area contributed by atoms with Crippen LogP contribution in [0.4, 0.5) is 0 Å². The van der Waals surface area contributed by atoms with E-state index in [2.05, 4.69) is 21.3 Å². The van der Waals surface area contributed by atoms with Crippen LogP contribution in [0, 0.1) is 5.92 Å². The van der Waals surface area contributed by atoms with Crippen LogP contribution in [0.25, 0.3) is 0 Å². The van der Waals surface area contributed by atoms with Crippen LogP contribution >= 0.6 is 0 Å². The van der Waals surface area contributed by atoms with Gasteiger partial charge >= 0.3 is 5.97 Å². The van der Waals surface area contributed by atoms with Crippen molar-refractivity contribution < 1.29 is 29.4 Å². The molecule has 3 amide bonds. The van der Waals surface area contributed by atoms with Gasteiger partial charge in [0.1, 0.15) is 23.9 Å². The van der Waals surface area contributed by atoms with Crippen molar-refractivity contribution in [2.75, 3.05) is 13.1 Å². The molecule has 1 fully saturated rings. The van der Waals surface area contributed by atoms with Crippen molar-refractivity contribution in [2.45, 2.75) is 76.5 Å². The summed E-state index contributed by atoms with van der Waals surface area (Å²) in [5.74, 6) is -2.83. The molecule has 0 spiro atoms. The molecule has 200 valence electrons. The molecule has 1 heterocycles. The molecular formula is C25H39N5O6. The van der Waals surface area contributed by atoms with Crippen LogP contribution in [-0.2, 0) is 25.6 Å². The molecule has 0 aromatic heterocycles.